The summed E-state index contributed by atoms with van der Waals surface area (Å²) in [6.07, 6.45) is 0. The van der Waals surface area contributed by atoms with Crippen LogP contribution >= 0.6 is 0 Å². The Morgan fingerprint density at radius 3 is 2.08 bits per heavy atom. The van der Waals surface area contributed by atoms with Crippen molar-refractivity contribution < 1.29 is 18.4 Å². The van der Waals surface area contributed by atoms with Gasteiger partial charge in [-0.15, -0.1) is 0 Å². The lowest BCUT2D eigenvalue weighted by atomic mass is 9.87. The minimum Gasteiger partial charge on any atom is -0.313 e. The van der Waals surface area contributed by atoms with Crippen LogP contribution in [0.15, 0.2) is 47.6 Å². The molecule has 0 fully saturated rings. The number of hydrogen-bond acceptors (Lipinski definition) is 3. The van der Waals surface area contributed by atoms with E-state index in [1.165, 1.54) is 6.07 Å². The Bertz CT molecular complexity index is 775. The molecule has 0 unspecified atom stereocenters. The van der Waals surface area contributed by atoms with Crippen LogP contribution < -0.4 is 0 Å². The van der Waals surface area contributed by atoms with E-state index in [9.17, 15) is 13.6 Å². The van der Waals surface area contributed by atoms with E-state index in [0.717, 1.165) is 17.7 Å². The van der Waals surface area contributed by atoms with E-state index in [1.54, 1.807) is 19.1 Å². The minimum absolute atomic E-state index is 0.0101. The molecule has 0 saturated heterocycles. The average molecular weight is 331 g/mol. The number of hydrogen-bond donors (Lipinski definition) is 0. The Kier molecular flexibility index (Phi) is 5.12. The summed E-state index contributed by atoms with van der Waals surface area (Å²) < 4.78 is 26.1. The summed E-state index contributed by atoms with van der Waals surface area (Å²) in [4.78, 5) is 16.9. The molecule has 0 aliphatic rings. The summed E-state index contributed by atoms with van der Waals surface area (Å²) >= 11 is 0. The Labute approximate surface area is 139 Å². The van der Waals surface area contributed by atoms with Crippen LogP contribution in [-0.4, -0.2) is 11.7 Å². The topological polar surface area (TPSA) is 38.7 Å². The van der Waals surface area contributed by atoms with Crippen molar-refractivity contribution in [1.29, 1.82) is 0 Å². The molecule has 0 radical (unpaired) electrons. The molecule has 0 bridgehead atoms. The molecule has 0 aromatic heterocycles. The second-order valence-corrected chi connectivity index (χ2v) is 6.51. The van der Waals surface area contributed by atoms with Crippen LogP contribution in [-0.2, 0) is 10.3 Å². The van der Waals surface area contributed by atoms with Crippen LogP contribution in [0.5, 0.6) is 0 Å². The molecule has 0 heterocycles. The zero-order valence-corrected chi connectivity index (χ0v) is 14.1. The van der Waals surface area contributed by atoms with Gasteiger partial charge in [-0.05, 0) is 48.2 Å². The predicted molar refractivity (Wildman–Crippen MR) is 89.1 cm³/mol. The second-order valence-electron chi connectivity index (χ2n) is 6.51. The van der Waals surface area contributed by atoms with Crippen LogP contribution in [0.1, 0.15) is 49.2 Å². The third-order valence-corrected chi connectivity index (χ3v) is 3.59. The highest BCUT2D eigenvalue weighted by molar-refractivity contribution is 5.99. The quantitative estimate of drug-likeness (QED) is 0.458. The van der Waals surface area contributed by atoms with Crippen molar-refractivity contribution in [2.45, 2.75) is 33.1 Å². The molecular weight excluding hydrogens is 312 g/mol. The summed E-state index contributed by atoms with van der Waals surface area (Å²) in [5.41, 5.74) is 2.06. The highest BCUT2D eigenvalue weighted by Crippen LogP contribution is 2.22. The monoisotopic (exact) mass is 331 g/mol. The molecule has 126 valence electrons. The number of oxime groups is 1. The standard InChI is InChI=1S/C19H19F2NO2/c1-12(14-7-10-16(20)17(21)11-14)22-24-18(23)13-5-8-15(9-6-13)19(2,3)4/h5-11H,1-4H3/b22-12+. The zero-order valence-electron chi connectivity index (χ0n) is 14.1. The molecule has 2 aromatic rings. The van der Waals surface area contributed by atoms with Crippen molar-refractivity contribution in [2.75, 3.05) is 0 Å². The molecule has 0 amide bonds. The second kappa shape index (κ2) is 6.91. The van der Waals surface area contributed by atoms with Gasteiger partial charge in [-0.1, -0.05) is 38.1 Å². The molecule has 2 aromatic carbocycles. The van der Waals surface area contributed by atoms with Gasteiger partial charge in [-0.25, -0.2) is 13.6 Å². The van der Waals surface area contributed by atoms with E-state index in [1.807, 2.05) is 12.1 Å². The molecule has 5 heteroatoms. The van der Waals surface area contributed by atoms with E-state index in [-0.39, 0.29) is 11.1 Å². The van der Waals surface area contributed by atoms with Crippen LogP contribution in [0.3, 0.4) is 0 Å². The summed E-state index contributed by atoms with van der Waals surface area (Å²) in [5.74, 6) is -2.54. The SMILES string of the molecule is C/C(=N\OC(=O)c1ccc(C(C)(C)C)cc1)c1ccc(F)c(F)c1. The Morgan fingerprint density at radius 2 is 1.54 bits per heavy atom. The lowest BCUT2D eigenvalue weighted by Gasteiger charge is -2.18. The summed E-state index contributed by atoms with van der Waals surface area (Å²) in [6, 6.07) is 10.4. The molecule has 0 saturated carbocycles. The lowest BCUT2D eigenvalue weighted by molar-refractivity contribution is 0.0516. The van der Waals surface area contributed by atoms with Crippen molar-refractivity contribution >= 4 is 11.7 Å². The molecule has 0 atom stereocenters. The zero-order chi connectivity index (χ0) is 17.9. The van der Waals surface area contributed by atoms with Crippen molar-refractivity contribution in [3.05, 3.63) is 70.8 Å². The van der Waals surface area contributed by atoms with Crippen LogP contribution in [0.25, 0.3) is 0 Å². The van der Waals surface area contributed by atoms with Gasteiger partial charge in [-0.3, -0.25) is 0 Å². The normalized spacial score (nSPS) is 12.2. The fourth-order valence-electron chi connectivity index (χ4n) is 2.04. The largest absolute Gasteiger partial charge is 0.365 e. The van der Waals surface area contributed by atoms with E-state index >= 15 is 0 Å². The van der Waals surface area contributed by atoms with Crippen molar-refractivity contribution in [3.8, 4) is 0 Å². The Hall–Kier alpha value is -2.56. The van der Waals surface area contributed by atoms with E-state index in [0.29, 0.717) is 11.1 Å². The first-order valence-corrected chi connectivity index (χ1v) is 7.50. The maximum atomic E-state index is 13.2. The lowest BCUT2D eigenvalue weighted by Crippen LogP contribution is -2.11. The highest BCUT2D eigenvalue weighted by Gasteiger charge is 2.15. The number of nitrogens with zero attached hydrogens (tertiary/aromatic N) is 1. The maximum Gasteiger partial charge on any atom is 0.365 e. The molecule has 24 heavy (non-hydrogen) atoms. The van der Waals surface area contributed by atoms with Gasteiger partial charge >= 0.3 is 5.97 Å². The maximum absolute atomic E-state index is 13.2. The van der Waals surface area contributed by atoms with Gasteiger partial charge in [0.15, 0.2) is 11.6 Å². The minimum atomic E-state index is -0.980. The smallest absolute Gasteiger partial charge is 0.313 e. The summed E-state index contributed by atoms with van der Waals surface area (Å²) in [7, 11) is 0. The average Bonchev–Trinajstić information content (AvgIpc) is 2.54. The third kappa shape index (κ3) is 4.25. The molecule has 0 N–H and O–H groups in total. The Morgan fingerprint density at radius 1 is 0.958 bits per heavy atom. The van der Waals surface area contributed by atoms with Crippen LogP contribution in [0.2, 0.25) is 0 Å². The van der Waals surface area contributed by atoms with Crippen molar-refractivity contribution in [1.82, 2.24) is 0 Å². The van der Waals surface area contributed by atoms with Gasteiger partial charge in [-0.2, -0.15) is 0 Å². The fraction of sp³-hybridized carbons (Fsp3) is 0.263. The van der Waals surface area contributed by atoms with Gasteiger partial charge in [0.05, 0.1) is 11.3 Å². The summed E-state index contributed by atoms with van der Waals surface area (Å²) in [5, 5.41) is 3.69. The first kappa shape index (κ1) is 17.8. The predicted octanol–water partition coefficient (Wildman–Crippen LogP) is 4.84. The van der Waals surface area contributed by atoms with Gasteiger partial charge in [0.25, 0.3) is 0 Å². The first-order valence-electron chi connectivity index (χ1n) is 7.50. The molecule has 0 aliphatic carbocycles. The first-order chi connectivity index (χ1) is 11.2. The van der Waals surface area contributed by atoms with Gasteiger partial charge in [0.1, 0.15) is 0 Å². The molecular formula is C19H19F2NO2. The van der Waals surface area contributed by atoms with Crippen LogP contribution in [0.4, 0.5) is 8.78 Å². The van der Waals surface area contributed by atoms with Crippen molar-refractivity contribution in [3.63, 3.8) is 0 Å². The number of halogens is 2. The number of carbonyl (C=O) groups is 1. The van der Waals surface area contributed by atoms with Gasteiger partial charge in [0.2, 0.25) is 0 Å². The van der Waals surface area contributed by atoms with E-state index in [2.05, 4.69) is 25.9 Å². The fourth-order valence-corrected chi connectivity index (χ4v) is 2.04. The number of benzene rings is 2. The number of rotatable bonds is 3. The molecule has 3 nitrogen and oxygen atoms in total. The molecule has 0 spiro atoms. The molecule has 2 rings (SSSR count). The van der Waals surface area contributed by atoms with E-state index in [4.69, 9.17) is 4.84 Å². The Balaban J connectivity index is 2.10. The molecule has 0 aliphatic heterocycles. The van der Waals surface area contributed by atoms with Crippen molar-refractivity contribution in [2.24, 2.45) is 5.16 Å². The van der Waals surface area contributed by atoms with Gasteiger partial charge < -0.3 is 4.84 Å². The highest BCUT2D eigenvalue weighted by atomic mass is 19.2. The van der Waals surface area contributed by atoms with Crippen LogP contribution in [0, 0.1) is 11.6 Å². The van der Waals surface area contributed by atoms with E-state index < -0.39 is 17.6 Å². The summed E-state index contributed by atoms with van der Waals surface area (Å²) in [6.45, 7) is 7.78. The van der Waals surface area contributed by atoms with Gasteiger partial charge in [0, 0.05) is 5.56 Å². The number of carbonyl (C=O) groups excluding carboxylic acids is 1. The third-order valence-electron chi connectivity index (χ3n) is 3.59.